The second-order valence-corrected chi connectivity index (χ2v) is 5.19. The molecule has 0 amide bonds. The minimum Gasteiger partial charge on any atom is -0.135 e. The van der Waals surface area contributed by atoms with Gasteiger partial charge in [0.05, 0.1) is 0 Å². The van der Waals surface area contributed by atoms with Gasteiger partial charge in [-0.15, -0.1) is 11.3 Å². The van der Waals surface area contributed by atoms with Gasteiger partial charge in [0, 0.05) is 25.2 Å². The van der Waals surface area contributed by atoms with E-state index in [-0.39, 0.29) is 0 Å². The maximum Gasteiger partial charge on any atom is 0.0415 e. The summed E-state index contributed by atoms with van der Waals surface area (Å²) in [7, 11) is 0. The molecule has 3 rings (SSSR count). The summed E-state index contributed by atoms with van der Waals surface area (Å²) in [5.74, 6) is 0. The van der Waals surface area contributed by atoms with Crippen LogP contribution in [0.3, 0.4) is 0 Å². The van der Waals surface area contributed by atoms with Crippen molar-refractivity contribution in [1.82, 2.24) is 0 Å². The van der Waals surface area contributed by atoms with Gasteiger partial charge in [0.25, 0.3) is 0 Å². The molecular formula is C13H9ClS. The van der Waals surface area contributed by atoms with Gasteiger partial charge in [-0.1, -0.05) is 29.8 Å². The summed E-state index contributed by atoms with van der Waals surface area (Å²) in [6.07, 6.45) is 0. The van der Waals surface area contributed by atoms with Crippen molar-refractivity contribution in [2.75, 3.05) is 0 Å². The smallest absolute Gasteiger partial charge is 0.0415 e. The maximum absolute atomic E-state index is 6.09. The Balaban J connectivity index is 2.61. The number of benzene rings is 2. The number of aryl methyl sites for hydroxylation is 1. The van der Waals surface area contributed by atoms with Crippen molar-refractivity contribution < 1.29 is 0 Å². The van der Waals surface area contributed by atoms with Crippen LogP contribution in [0.5, 0.6) is 0 Å². The Morgan fingerprint density at radius 3 is 2.73 bits per heavy atom. The van der Waals surface area contributed by atoms with E-state index in [0.29, 0.717) is 0 Å². The first-order valence-corrected chi connectivity index (χ1v) is 6.02. The highest BCUT2D eigenvalue weighted by Crippen LogP contribution is 2.37. The summed E-state index contributed by atoms with van der Waals surface area (Å²) in [5, 5.41) is 3.41. The summed E-state index contributed by atoms with van der Waals surface area (Å²) in [6.45, 7) is 2.11. The summed E-state index contributed by atoms with van der Waals surface area (Å²) in [5.41, 5.74) is 1.26. The Kier molecular flexibility index (Phi) is 1.98. The first kappa shape index (κ1) is 9.20. The lowest BCUT2D eigenvalue weighted by Crippen LogP contribution is -1.72. The molecule has 0 radical (unpaired) electrons. The highest BCUT2D eigenvalue weighted by atomic mass is 35.5. The molecule has 2 heteroatoms. The Morgan fingerprint density at radius 1 is 1.07 bits per heavy atom. The normalized spacial score (nSPS) is 11.3. The molecule has 0 saturated heterocycles. The Bertz CT molecular complexity index is 652. The molecule has 2 aromatic carbocycles. The van der Waals surface area contributed by atoms with E-state index < -0.39 is 0 Å². The summed E-state index contributed by atoms with van der Waals surface area (Å²) < 4.78 is 2.68. The number of rotatable bonds is 0. The molecule has 74 valence electrons. The van der Waals surface area contributed by atoms with Gasteiger partial charge in [-0.25, -0.2) is 0 Å². The molecule has 1 heterocycles. The molecule has 0 unspecified atom stereocenters. The Labute approximate surface area is 97.1 Å². The molecule has 15 heavy (non-hydrogen) atoms. The van der Waals surface area contributed by atoms with E-state index in [1.54, 1.807) is 0 Å². The second kappa shape index (κ2) is 3.22. The standard InChI is InChI=1S/C13H9ClS/c1-8-6-9(14)7-11-10-4-2-3-5-12(10)15-13(8)11/h2-7H,1H3. The van der Waals surface area contributed by atoms with E-state index in [4.69, 9.17) is 11.6 Å². The fraction of sp³-hybridized carbons (Fsp3) is 0.0769. The third-order valence-electron chi connectivity index (χ3n) is 2.63. The highest BCUT2D eigenvalue weighted by molar-refractivity contribution is 7.26. The van der Waals surface area contributed by atoms with Gasteiger partial charge in [-0.05, 0) is 30.7 Å². The third-order valence-corrected chi connectivity index (χ3v) is 4.17. The molecule has 0 aliphatic heterocycles. The molecule has 0 atom stereocenters. The molecular weight excluding hydrogens is 224 g/mol. The van der Waals surface area contributed by atoms with Gasteiger partial charge < -0.3 is 0 Å². The zero-order valence-corrected chi connectivity index (χ0v) is 9.82. The van der Waals surface area contributed by atoms with Crippen LogP contribution in [0.2, 0.25) is 5.02 Å². The van der Waals surface area contributed by atoms with E-state index in [1.165, 1.54) is 25.7 Å². The number of halogens is 1. The average molecular weight is 233 g/mol. The molecule has 1 aromatic heterocycles. The van der Waals surface area contributed by atoms with Gasteiger partial charge in [-0.2, -0.15) is 0 Å². The van der Waals surface area contributed by atoms with Gasteiger partial charge in [-0.3, -0.25) is 0 Å². The van der Waals surface area contributed by atoms with Crippen molar-refractivity contribution >= 4 is 43.1 Å². The lowest BCUT2D eigenvalue weighted by atomic mass is 10.1. The van der Waals surface area contributed by atoms with Gasteiger partial charge in [0.2, 0.25) is 0 Å². The van der Waals surface area contributed by atoms with Crippen molar-refractivity contribution in [1.29, 1.82) is 0 Å². The fourth-order valence-corrected chi connectivity index (χ4v) is 3.38. The molecule has 0 fully saturated rings. The summed E-state index contributed by atoms with van der Waals surface area (Å²) >= 11 is 7.92. The van der Waals surface area contributed by atoms with Crippen molar-refractivity contribution in [3.8, 4) is 0 Å². The molecule has 0 aliphatic carbocycles. The van der Waals surface area contributed by atoms with E-state index in [2.05, 4.69) is 37.3 Å². The average Bonchev–Trinajstić information content (AvgIpc) is 2.57. The van der Waals surface area contributed by atoms with Crippen molar-refractivity contribution in [2.45, 2.75) is 6.92 Å². The molecule has 0 N–H and O–H groups in total. The third kappa shape index (κ3) is 1.35. The van der Waals surface area contributed by atoms with Crippen LogP contribution in [0.1, 0.15) is 5.56 Å². The van der Waals surface area contributed by atoms with Crippen LogP contribution in [0, 0.1) is 6.92 Å². The Hall–Kier alpha value is -1.05. The molecule has 3 aromatic rings. The predicted octanol–water partition coefficient (Wildman–Crippen LogP) is 5.02. The van der Waals surface area contributed by atoms with Crippen LogP contribution in [0.4, 0.5) is 0 Å². The Morgan fingerprint density at radius 2 is 1.87 bits per heavy atom. The monoisotopic (exact) mass is 232 g/mol. The van der Waals surface area contributed by atoms with Crippen LogP contribution in [0.15, 0.2) is 36.4 Å². The van der Waals surface area contributed by atoms with E-state index in [1.807, 2.05) is 17.4 Å². The fourth-order valence-electron chi connectivity index (χ4n) is 1.95. The lowest BCUT2D eigenvalue weighted by Gasteiger charge is -1.97. The first-order chi connectivity index (χ1) is 7.25. The minimum absolute atomic E-state index is 0.823. The zero-order valence-electron chi connectivity index (χ0n) is 8.25. The van der Waals surface area contributed by atoms with Crippen LogP contribution in [0.25, 0.3) is 20.2 Å². The van der Waals surface area contributed by atoms with E-state index >= 15 is 0 Å². The topological polar surface area (TPSA) is 0 Å². The van der Waals surface area contributed by atoms with Gasteiger partial charge in [0.15, 0.2) is 0 Å². The van der Waals surface area contributed by atoms with Crippen LogP contribution < -0.4 is 0 Å². The van der Waals surface area contributed by atoms with Crippen molar-refractivity contribution in [3.05, 3.63) is 47.0 Å². The quantitative estimate of drug-likeness (QED) is 0.511. The largest absolute Gasteiger partial charge is 0.135 e. The van der Waals surface area contributed by atoms with Crippen LogP contribution in [-0.2, 0) is 0 Å². The molecule has 0 spiro atoms. The lowest BCUT2D eigenvalue weighted by molar-refractivity contribution is 1.56. The molecule has 0 saturated carbocycles. The zero-order chi connectivity index (χ0) is 10.4. The van der Waals surface area contributed by atoms with E-state index in [9.17, 15) is 0 Å². The number of hydrogen-bond acceptors (Lipinski definition) is 1. The van der Waals surface area contributed by atoms with Crippen molar-refractivity contribution in [2.24, 2.45) is 0 Å². The maximum atomic E-state index is 6.09. The van der Waals surface area contributed by atoms with Gasteiger partial charge in [0.1, 0.15) is 0 Å². The predicted molar refractivity (Wildman–Crippen MR) is 69.1 cm³/mol. The second-order valence-electron chi connectivity index (χ2n) is 3.70. The molecule has 0 nitrogen and oxygen atoms in total. The number of thiophene rings is 1. The molecule has 0 aliphatic rings. The van der Waals surface area contributed by atoms with Gasteiger partial charge >= 0.3 is 0 Å². The SMILES string of the molecule is Cc1cc(Cl)cc2c1sc1ccccc12. The highest BCUT2D eigenvalue weighted by Gasteiger charge is 2.07. The van der Waals surface area contributed by atoms with Crippen LogP contribution in [-0.4, -0.2) is 0 Å². The number of fused-ring (bicyclic) bond motifs is 3. The van der Waals surface area contributed by atoms with Crippen molar-refractivity contribution in [3.63, 3.8) is 0 Å². The summed E-state index contributed by atoms with van der Waals surface area (Å²) in [4.78, 5) is 0. The minimum atomic E-state index is 0.823. The van der Waals surface area contributed by atoms with E-state index in [0.717, 1.165) is 5.02 Å². The summed E-state index contributed by atoms with van der Waals surface area (Å²) in [6, 6.07) is 12.6. The number of hydrogen-bond donors (Lipinski definition) is 0. The van der Waals surface area contributed by atoms with Crippen LogP contribution >= 0.6 is 22.9 Å². The molecule has 0 bridgehead atoms. The first-order valence-electron chi connectivity index (χ1n) is 4.83.